The Labute approximate surface area is 200 Å². The molecule has 0 fully saturated rings. The van der Waals surface area contributed by atoms with E-state index in [1.807, 2.05) is 0 Å². The molecule has 188 valence electrons. The van der Waals surface area contributed by atoms with Crippen molar-refractivity contribution in [3.05, 3.63) is 0 Å². The van der Waals surface area contributed by atoms with E-state index in [-0.39, 0.29) is 0 Å². The van der Waals surface area contributed by atoms with Crippen molar-refractivity contribution in [3.63, 3.8) is 0 Å². The van der Waals surface area contributed by atoms with E-state index in [1.54, 1.807) is 0 Å². The molecule has 0 heteroatoms. The van der Waals surface area contributed by atoms with Gasteiger partial charge in [-0.05, 0) is 23.7 Å². The van der Waals surface area contributed by atoms with E-state index in [4.69, 9.17) is 0 Å². The number of hydrogen-bond acceptors (Lipinski definition) is 0. The molecule has 0 aromatic rings. The largest absolute Gasteiger partial charge is 0.0654 e. The standard InChI is InChI=1S/C31H64/c1-7-8-9-10-11-12-13-14-15-16-17-18-22-30(5)26-27-31(6)25-20-24-29(4)23-19-21-28(2)3/h28-31H,7-27H2,1-6H3. The van der Waals surface area contributed by atoms with Crippen LogP contribution in [0.1, 0.15) is 176 Å². The monoisotopic (exact) mass is 437 g/mol. The van der Waals surface area contributed by atoms with Gasteiger partial charge in [-0.25, -0.2) is 0 Å². The third-order valence-corrected chi connectivity index (χ3v) is 7.57. The highest BCUT2D eigenvalue weighted by Gasteiger charge is 2.09. The molecular formula is C31H64. The maximum absolute atomic E-state index is 2.50. The van der Waals surface area contributed by atoms with Crippen molar-refractivity contribution in [1.29, 1.82) is 0 Å². The van der Waals surface area contributed by atoms with E-state index in [0.29, 0.717) is 0 Å². The summed E-state index contributed by atoms with van der Waals surface area (Å²) in [7, 11) is 0. The highest BCUT2D eigenvalue weighted by Crippen LogP contribution is 2.24. The predicted octanol–water partition coefficient (Wildman–Crippen LogP) is 11.8. The summed E-state index contributed by atoms with van der Waals surface area (Å²) in [6.07, 6.45) is 30.6. The third kappa shape index (κ3) is 24.5. The molecule has 0 amide bonds. The Kier molecular flexibility index (Phi) is 23.2. The van der Waals surface area contributed by atoms with Crippen LogP contribution < -0.4 is 0 Å². The minimum atomic E-state index is 0.879. The molecule has 0 aromatic carbocycles. The van der Waals surface area contributed by atoms with Crippen LogP contribution in [-0.2, 0) is 0 Å². The summed E-state index contributed by atoms with van der Waals surface area (Å²) in [6, 6.07) is 0. The lowest BCUT2D eigenvalue weighted by Gasteiger charge is -2.17. The molecule has 0 N–H and O–H groups in total. The van der Waals surface area contributed by atoms with E-state index < -0.39 is 0 Å². The summed E-state index contributed by atoms with van der Waals surface area (Å²) >= 11 is 0. The Bertz CT molecular complexity index is 331. The van der Waals surface area contributed by atoms with Gasteiger partial charge >= 0.3 is 0 Å². The lowest BCUT2D eigenvalue weighted by atomic mass is 9.89. The lowest BCUT2D eigenvalue weighted by molar-refractivity contribution is 0.360. The molecule has 0 aliphatic rings. The molecule has 0 saturated carbocycles. The smallest absolute Gasteiger partial charge is 0.0443 e. The van der Waals surface area contributed by atoms with Gasteiger partial charge in [-0.2, -0.15) is 0 Å². The predicted molar refractivity (Wildman–Crippen MR) is 145 cm³/mol. The fourth-order valence-corrected chi connectivity index (χ4v) is 5.03. The summed E-state index contributed by atoms with van der Waals surface area (Å²) in [6.45, 7) is 14.5. The molecule has 0 aliphatic carbocycles. The van der Waals surface area contributed by atoms with Crippen molar-refractivity contribution in [2.45, 2.75) is 176 Å². The van der Waals surface area contributed by atoms with Crippen molar-refractivity contribution < 1.29 is 0 Å². The summed E-state index contributed by atoms with van der Waals surface area (Å²) in [5.74, 6) is 3.70. The van der Waals surface area contributed by atoms with E-state index in [1.165, 1.54) is 135 Å². The van der Waals surface area contributed by atoms with Gasteiger partial charge in [0.2, 0.25) is 0 Å². The Morgan fingerprint density at radius 1 is 0.323 bits per heavy atom. The molecule has 0 bridgehead atoms. The molecule has 31 heavy (non-hydrogen) atoms. The quantitative estimate of drug-likeness (QED) is 0.132. The number of hydrogen-bond donors (Lipinski definition) is 0. The first-order chi connectivity index (χ1) is 15.0. The molecule has 0 saturated heterocycles. The van der Waals surface area contributed by atoms with Crippen LogP contribution in [0.2, 0.25) is 0 Å². The second-order valence-electron chi connectivity index (χ2n) is 11.8. The average molecular weight is 437 g/mol. The summed E-state index contributed by atoms with van der Waals surface area (Å²) in [5.41, 5.74) is 0. The average Bonchev–Trinajstić information content (AvgIpc) is 2.72. The zero-order chi connectivity index (χ0) is 23.2. The van der Waals surface area contributed by atoms with Crippen molar-refractivity contribution in [2.75, 3.05) is 0 Å². The van der Waals surface area contributed by atoms with Crippen molar-refractivity contribution >= 4 is 0 Å². The third-order valence-electron chi connectivity index (χ3n) is 7.57. The first kappa shape index (κ1) is 31.0. The van der Waals surface area contributed by atoms with Crippen LogP contribution in [0.5, 0.6) is 0 Å². The normalized spacial score (nSPS) is 14.8. The van der Waals surface area contributed by atoms with Crippen LogP contribution in [0, 0.1) is 23.7 Å². The van der Waals surface area contributed by atoms with Crippen LogP contribution >= 0.6 is 0 Å². The Morgan fingerprint density at radius 2 is 0.645 bits per heavy atom. The van der Waals surface area contributed by atoms with Gasteiger partial charge in [-0.15, -0.1) is 0 Å². The lowest BCUT2D eigenvalue weighted by Crippen LogP contribution is -2.02. The molecule has 0 rings (SSSR count). The van der Waals surface area contributed by atoms with Crippen LogP contribution in [0.25, 0.3) is 0 Å². The minimum absolute atomic E-state index is 0.879. The van der Waals surface area contributed by atoms with Gasteiger partial charge in [0, 0.05) is 0 Å². The van der Waals surface area contributed by atoms with Crippen molar-refractivity contribution in [1.82, 2.24) is 0 Å². The van der Waals surface area contributed by atoms with Crippen molar-refractivity contribution in [2.24, 2.45) is 23.7 Å². The first-order valence-electron chi connectivity index (χ1n) is 15.0. The fraction of sp³-hybridized carbons (Fsp3) is 1.00. The SMILES string of the molecule is CCCCCCCCCCCCCCC(C)CCC(C)CCCC(C)CCCC(C)C. The van der Waals surface area contributed by atoms with Gasteiger partial charge in [0.1, 0.15) is 0 Å². The van der Waals surface area contributed by atoms with Crippen LogP contribution in [0.15, 0.2) is 0 Å². The maximum atomic E-state index is 2.50. The Hall–Kier alpha value is 0. The summed E-state index contributed by atoms with van der Waals surface area (Å²) < 4.78 is 0. The highest BCUT2D eigenvalue weighted by atomic mass is 14.1. The number of rotatable bonds is 24. The Balaban J connectivity index is 3.40. The first-order valence-corrected chi connectivity index (χ1v) is 15.0. The van der Waals surface area contributed by atoms with Gasteiger partial charge < -0.3 is 0 Å². The molecule has 0 aromatic heterocycles. The molecule has 0 radical (unpaired) electrons. The molecule has 3 unspecified atom stereocenters. The van der Waals surface area contributed by atoms with E-state index in [2.05, 4.69) is 41.5 Å². The second kappa shape index (κ2) is 23.2. The molecule has 0 nitrogen and oxygen atoms in total. The van der Waals surface area contributed by atoms with Gasteiger partial charge in [-0.3, -0.25) is 0 Å². The second-order valence-corrected chi connectivity index (χ2v) is 11.8. The van der Waals surface area contributed by atoms with Crippen LogP contribution in [0.4, 0.5) is 0 Å². The van der Waals surface area contributed by atoms with Crippen molar-refractivity contribution in [3.8, 4) is 0 Å². The van der Waals surface area contributed by atoms with Gasteiger partial charge in [0.15, 0.2) is 0 Å². The maximum Gasteiger partial charge on any atom is -0.0443 e. The molecular weight excluding hydrogens is 372 g/mol. The summed E-state index contributed by atoms with van der Waals surface area (Å²) in [5, 5.41) is 0. The highest BCUT2D eigenvalue weighted by molar-refractivity contribution is 4.62. The van der Waals surface area contributed by atoms with Gasteiger partial charge in [0.25, 0.3) is 0 Å². The van der Waals surface area contributed by atoms with Gasteiger partial charge in [0.05, 0.1) is 0 Å². The molecule has 0 aliphatic heterocycles. The Morgan fingerprint density at radius 3 is 1.06 bits per heavy atom. The molecule has 0 spiro atoms. The zero-order valence-electron chi connectivity index (χ0n) is 23.2. The zero-order valence-corrected chi connectivity index (χ0v) is 23.2. The van der Waals surface area contributed by atoms with Crippen LogP contribution in [0.3, 0.4) is 0 Å². The summed E-state index contributed by atoms with van der Waals surface area (Å²) in [4.78, 5) is 0. The van der Waals surface area contributed by atoms with E-state index in [0.717, 1.165) is 23.7 Å². The molecule has 0 heterocycles. The van der Waals surface area contributed by atoms with Gasteiger partial charge in [-0.1, -0.05) is 176 Å². The fourth-order valence-electron chi connectivity index (χ4n) is 5.03. The molecule has 3 atom stereocenters. The van der Waals surface area contributed by atoms with Crippen LogP contribution in [-0.4, -0.2) is 0 Å². The number of unbranched alkanes of at least 4 members (excludes halogenated alkanes) is 11. The van der Waals surface area contributed by atoms with E-state index in [9.17, 15) is 0 Å². The van der Waals surface area contributed by atoms with E-state index >= 15 is 0 Å². The topological polar surface area (TPSA) is 0 Å². The minimum Gasteiger partial charge on any atom is -0.0654 e.